The fourth-order valence-electron chi connectivity index (χ4n) is 3.72. The maximum Gasteiger partial charge on any atom is 0.178 e. The number of aromatic amines is 1. The molecule has 1 saturated carbocycles. The van der Waals surface area contributed by atoms with Crippen LogP contribution in [0, 0.1) is 28.2 Å². The van der Waals surface area contributed by atoms with E-state index in [9.17, 15) is 8.78 Å². The molecule has 1 heterocycles. The average Bonchev–Trinajstić information content (AvgIpc) is 2.75. The van der Waals surface area contributed by atoms with Crippen LogP contribution in [0.4, 0.5) is 8.78 Å². The molecule has 1 aliphatic carbocycles. The third kappa shape index (κ3) is 2.52. The van der Waals surface area contributed by atoms with Crippen molar-refractivity contribution in [3.05, 3.63) is 28.5 Å². The van der Waals surface area contributed by atoms with Crippen molar-refractivity contribution in [3.8, 4) is 0 Å². The number of H-pyrrole nitrogens is 1. The van der Waals surface area contributed by atoms with Gasteiger partial charge >= 0.3 is 0 Å². The Morgan fingerprint density at radius 2 is 1.95 bits per heavy atom. The Labute approximate surface area is 128 Å². The molecule has 114 valence electrons. The molecule has 21 heavy (non-hydrogen) atoms. The molecule has 3 rings (SSSR count). The minimum Gasteiger partial charge on any atom is -0.328 e. The quantitative estimate of drug-likeness (QED) is 0.740. The van der Waals surface area contributed by atoms with Gasteiger partial charge in [-0.3, -0.25) is 0 Å². The maximum atomic E-state index is 13.9. The van der Waals surface area contributed by atoms with Gasteiger partial charge in [0.2, 0.25) is 0 Å². The summed E-state index contributed by atoms with van der Waals surface area (Å²) >= 11 is 5.39. The van der Waals surface area contributed by atoms with Crippen LogP contribution in [0.2, 0.25) is 0 Å². The van der Waals surface area contributed by atoms with Gasteiger partial charge < -0.3 is 9.55 Å². The molecule has 0 spiro atoms. The lowest BCUT2D eigenvalue weighted by molar-refractivity contribution is 0.186. The number of halogens is 2. The molecular weight excluding hydrogens is 290 g/mol. The Hall–Kier alpha value is -1.23. The van der Waals surface area contributed by atoms with Crippen LogP contribution < -0.4 is 0 Å². The second-order valence-electron chi connectivity index (χ2n) is 6.34. The van der Waals surface area contributed by atoms with E-state index >= 15 is 0 Å². The second kappa shape index (κ2) is 5.52. The molecule has 0 radical (unpaired) electrons. The SMILES string of the molecule is CC(C)C1CCCCC1n1c(=S)[nH]c2c(F)cc(F)cc21. The first-order valence-electron chi connectivity index (χ1n) is 7.58. The molecule has 0 aliphatic heterocycles. The van der Waals surface area contributed by atoms with Crippen molar-refractivity contribution >= 4 is 23.3 Å². The predicted octanol–water partition coefficient (Wildman–Crippen LogP) is 5.36. The van der Waals surface area contributed by atoms with E-state index in [-0.39, 0.29) is 6.04 Å². The van der Waals surface area contributed by atoms with Gasteiger partial charge in [-0.1, -0.05) is 26.7 Å². The van der Waals surface area contributed by atoms with Crippen molar-refractivity contribution in [1.82, 2.24) is 9.55 Å². The highest BCUT2D eigenvalue weighted by Gasteiger charge is 2.30. The molecule has 1 fully saturated rings. The van der Waals surface area contributed by atoms with Crippen molar-refractivity contribution < 1.29 is 8.78 Å². The van der Waals surface area contributed by atoms with Gasteiger partial charge in [0.15, 0.2) is 10.6 Å². The highest BCUT2D eigenvalue weighted by molar-refractivity contribution is 7.71. The Bertz CT molecular complexity index is 717. The Balaban J connectivity index is 2.19. The number of hydrogen-bond donors (Lipinski definition) is 1. The van der Waals surface area contributed by atoms with Gasteiger partial charge in [-0.05, 0) is 43.0 Å². The van der Waals surface area contributed by atoms with Gasteiger partial charge in [0.1, 0.15) is 11.3 Å². The lowest BCUT2D eigenvalue weighted by Crippen LogP contribution is -2.27. The van der Waals surface area contributed by atoms with Crippen LogP contribution >= 0.6 is 12.2 Å². The summed E-state index contributed by atoms with van der Waals surface area (Å²) < 4.78 is 30.0. The van der Waals surface area contributed by atoms with E-state index in [1.54, 1.807) is 0 Å². The zero-order valence-electron chi connectivity index (χ0n) is 12.3. The van der Waals surface area contributed by atoms with E-state index in [1.165, 1.54) is 12.5 Å². The van der Waals surface area contributed by atoms with E-state index < -0.39 is 11.6 Å². The summed E-state index contributed by atoms with van der Waals surface area (Å²) in [5, 5.41) is 0. The summed E-state index contributed by atoms with van der Waals surface area (Å²) in [5.41, 5.74) is 0.865. The van der Waals surface area contributed by atoms with Gasteiger partial charge in [-0.2, -0.15) is 0 Å². The maximum absolute atomic E-state index is 13.9. The largest absolute Gasteiger partial charge is 0.328 e. The molecule has 0 amide bonds. The van der Waals surface area contributed by atoms with Crippen LogP contribution in [0.1, 0.15) is 45.6 Å². The summed E-state index contributed by atoms with van der Waals surface area (Å²) in [6.07, 6.45) is 4.52. The Morgan fingerprint density at radius 3 is 2.67 bits per heavy atom. The van der Waals surface area contributed by atoms with E-state index in [2.05, 4.69) is 18.8 Å². The lowest BCUT2D eigenvalue weighted by Gasteiger charge is -2.35. The number of nitrogens with zero attached hydrogens (tertiary/aromatic N) is 1. The number of nitrogens with one attached hydrogen (secondary N) is 1. The van der Waals surface area contributed by atoms with Gasteiger partial charge in [0.05, 0.1) is 5.52 Å². The average molecular weight is 310 g/mol. The number of rotatable bonds is 2. The summed E-state index contributed by atoms with van der Waals surface area (Å²) in [7, 11) is 0. The van der Waals surface area contributed by atoms with Crippen LogP contribution in [-0.4, -0.2) is 9.55 Å². The highest BCUT2D eigenvalue weighted by atomic mass is 32.1. The van der Waals surface area contributed by atoms with Crippen molar-refractivity contribution in [1.29, 1.82) is 0 Å². The summed E-state index contributed by atoms with van der Waals surface area (Å²) in [4.78, 5) is 2.92. The van der Waals surface area contributed by atoms with E-state index in [0.29, 0.717) is 27.6 Å². The number of benzene rings is 1. The first-order valence-corrected chi connectivity index (χ1v) is 7.99. The number of fused-ring (bicyclic) bond motifs is 1. The molecule has 1 aliphatic rings. The van der Waals surface area contributed by atoms with Crippen molar-refractivity contribution in [2.45, 2.75) is 45.6 Å². The van der Waals surface area contributed by atoms with Crippen LogP contribution in [0.25, 0.3) is 11.0 Å². The Morgan fingerprint density at radius 1 is 1.24 bits per heavy atom. The fraction of sp³-hybridized carbons (Fsp3) is 0.562. The van der Waals surface area contributed by atoms with Gasteiger partial charge in [-0.15, -0.1) is 0 Å². The number of aromatic nitrogens is 2. The molecule has 2 nitrogen and oxygen atoms in total. The first-order chi connectivity index (χ1) is 9.99. The monoisotopic (exact) mass is 310 g/mol. The summed E-state index contributed by atoms with van der Waals surface area (Å²) in [6, 6.07) is 2.51. The zero-order chi connectivity index (χ0) is 15.1. The fourth-order valence-corrected chi connectivity index (χ4v) is 4.05. The van der Waals surface area contributed by atoms with Gasteiger partial charge in [0.25, 0.3) is 0 Å². The molecule has 1 aromatic heterocycles. The molecule has 1 aromatic carbocycles. The molecule has 1 N–H and O–H groups in total. The highest BCUT2D eigenvalue weighted by Crippen LogP contribution is 2.40. The lowest BCUT2D eigenvalue weighted by atomic mass is 9.77. The topological polar surface area (TPSA) is 20.7 Å². The third-order valence-corrected chi connectivity index (χ3v) is 5.01. The second-order valence-corrected chi connectivity index (χ2v) is 6.73. The van der Waals surface area contributed by atoms with E-state index in [4.69, 9.17) is 12.2 Å². The molecule has 2 atom stereocenters. The minimum atomic E-state index is -0.577. The summed E-state index contributed by atoms with van der Waals surface area (Å²) in [6.45, 7) is 4.42. The number of imidazole rings is 1. The minimum absolute atomic E-state index is 0.223. The summed E-state index contributed by atoms with van der Waals surface area (Å²) in [5.74, 6) is -0.109. The van der Waals surface area contributed by atoms with Crippen LogP contribution in [-0.2, 0) is 0 Å². The standard InChI is InChI=1S/C16H20F2N2S/c1-9(2)11-5-3-4-6-13(11)20-14-8-10(17)7-12(18)15(14)19-16(20)21/h7-9,11,13H,3-6H2,1-2H3,(H,19,21). The van der Waals surface area contributed by atoms with Crippen LogP contribution in [0.3, 0.4) is 0 Å². The zero-order valence-corrected chi connectivity index (χ0v) is 13.1. The molecule has 2 unspecified atom stereocenters. The first kappa shape index (κ1) is 14.7. The third-order valence-electron chi connectivity index (χ3n) is 4.71. The number of hydrogen-bond acceptors (Lipinski definition) is 1. The molecule has 0 saturated heterocycles. The van der Waals surface area contributed by atoms with Crippen molar-refractivity contribution in [3.63, 3.8) is 0 Å². The Kier molecular flexibility index (Phi) is 3.86. The van der Waals surface area contributed by atoms with E-state index in [0.717, 1.165) is 25.3 Å². The van der Waals surface area contributed by atoms with Gasteiger partial charge in [0, 0.05) is 12.1 Å². The predicted molar refractivity (Wildman–Crippen MR) is 82.9 cm³/mol. The van der Waals surface area contributed by atoms with E-state index in [1.807, 2.05) is 4.57 Å². The normalized spacial score (nSPS) is 23.1. The molecule has 2 aromatic rings. The molecule has 5 heteroatoms. The smallest absolute Gasteiger partial charge is 0.178 e. The van der Waals surface area contributed by atoms with Gasteiger partial charge in [-0.25, -0.2) is 8.78 Å². The van der Waals surface area contributed by atoms with Crippen LogP contribution in [0.5, 0.6) is 0 Å². The molecular formula is C16H20F2N2S. The van der Waals surface area contributed by atoms with Crippen molar-refractivity contribution in [2.24, 2.45) is 11.8 Å². The molecule has 0 bridgehead atoms. The van der Waals surface area contributed by atoms with Crippen LogP contribution in [0.15, 0.2) is 12.1 Å². The van der Waals surface area contributed by atoms with Crippen molar-refractivity contribution in [2.75, 3.05) is 0 Å².